The number of hydrogen-bond acceptors (Lipinski definition) is 5. The van der Waals surface area contributed by atoms with E-state index in [1.165, 1.54) is 11.8 Å². The highest BCUT2D eigenvalue weighted by molar-refractivity contribution is 7.99. The van der Waals surface area contributed by atoms with E-state index in [1.807, 2.05) is 49.4 Å². The zero-order chi connectivity index (χ0) is 20.2. The van der Waals surface area contributed by atoms with Crippen LogP contribution >= 0.6 is 11.8 Å². The third-order valence-electron chi connectivity index (χ3n) is 4.23. The van der Waals surface area contributed by atoms with Crippen molar-refractivity contribution in [1.29, 1.82) is 0 Å². The van der Waals surface area contributed by atoms with Gasteiger partial charge in [-0.15, -0.1) is 0 Å². The second-order valence-electron chi connectivity index (χ2n) is 6.37. The summed E-state index contributed by atoms with van der Waals surface area (Å²) in [6.07, 6.45) is 5.02. The van der Waals surface area contributed by atoms with Gasteiger partial charge in [0.1, 0.15) is 6.04 Å². The Morgan fingerprint density at radius 3 is 2.52 bits per heavy atom. The molecule has 0 saturated carbocycles. The highest BCUT2D eigenvalue weighted by Gasteiger charge is 2.32. The van der Waals surface area contributed by atoms with E-state index in [0.717, 1.165) is 26.6 Å². The fourth-order valence-corrected chi connectivity index (χ4v) is 3.78. The van der Waals surface area contributed by atoms with E-state index in [2.05, 4.69) is 32.4 Å². The molecule has 29 heavy (non-hydrogen) atoms. The number of aromatic nitrogens is 2. The lowest BCUT2D eigenvalue weighted by Gasteiger charge is -2.12. The van der Waals surface area contributed by atoms with E-state index in [-0.39, 0.29) is 5.91 Å². The molecule has 7 heteroatoms. The van der Waals surface area contributed by atoms with Crippen LogP contribution in [0.4, 0.5) is 4.79 Å². The first kappa shape index (κ1) is 18.7. The van der Waals surface area contributed by atoms with Crippen LogP contribution in [0.15, 0.2) is 70.8 Å². The number of imide groups is 1. The van der Waals surface area contributed by atoms with Crippen LogP contribution in [0.1, 0.15) is 28.4 Å². The Morgan fingerprint density at radius 2 is 1.79 bits per heavy atom. The van der Waals surface area contributed by atoms with Crippen LogP contribution in [-0.2, 0) is 4.79 Å². The molecule has 0 bridgehead atoms. The van der Waals surface area contributed by atoms with Gasteiger partial charge in [-0.2, -0.15) is 0 Å². The SMILES string of the molecule is Cc1cc(C#Cc2ccc(Sc3ccncc3C3NC(=O)NC3=O)cc2)ccn1. The van der Waals surface area contributed by atoms with Crippen LogP contribution in [0.2, 0.25) is 0 Å². The maximum absolute atomic E-state index is 12.0. The van der Waals surface area contributed by atoms with Crippen molar-refractivity contribution in [3.05, 3.63) is 83.4 Å². The first-order valence-corrected chi connectivity index (χ1v) is 9.68. The van der Waals surface area contributed by atoms with Gasteiger partial charge in [-0.3, -0.25) is 20.1 Å². The molecule has 1 aliphatic rings. The van der Waals surface area contributed by atoms with Crippen LogP contribution in [0.5, 0.6) is 0 Å². The second kappa shape index (κ2) is 8.17. The minimum absolute atomic E-state index is 0.373. The number of rotatable bonds is 3. The smallest absolute Gasteiger partial charge is 0.322 e. The molecule has 1 aliphatic heterocycles. The van der Waals surface area contributed by atoms with Gasteiger partial charge >= 0.3 is 6.03 Å². The fourth-order valence-electron chi connectivity index (χ4n) is 2.84. The van der Waals surface area contributed by atoms with Crippen molar-refractivity contribution in [2.75, 3.05) is 0 Å². The Balaban J connectivity index is 1.52. The van der Waals surface area contributed by atoms with Crippen LogP contribution in [0.25, 0.3) is 0 Å². The molecule has 0 aliphatic carbocycles. The summed E-state index contributed by atoms with van der Waals surface area (Å²) in [6.45, 7) is 1.94. The Morgan fingerprint density at radius 1 is 1.00 bits per heavy atom. The largest absolute Gasteiger partial charge is 0.322 e. The average Bonchev–Trinajstić information content (AvgIpc) is 3.06. The Kier molecular flexibility index (Phi) is 5.27. The van der Waals surface area contributed by atoms with E-state index < -0.39 is 12.1 Å². The predicted octanol–water partition coefficient (Wildman–Crippen LogP) is 3.22. The number of pyridine rings is 2. The van der Waals surface area contributed by atoms with Crippen LogP contribution < -0.4 is 10.6 Å². The Labute approximate surface area is 172 Å². The van der Waals surface area contributed by atoms with Gasteiger partial charge in [0, 0.05) is 50.8 Å². The van der Waals surface area contributed by atoms with Crippen molar-refractivity contribution in [2.24, 2.45) is 0 Å². The summed E-state index contributed by atoms with van der Waals surface area (Å²) in [5.41, 5.74) is 3.43. The standard InChI is InChI=1S/C22H16N4O2S/c1-14-12-16(8-11-24-14)3-2-15-4-6-17(7-5-15)29-19-9-10-23-13-18(19)20-21(27)26-22(28)25-20/h4-13,20H,1H3,(H2,25,26,27,28). The quantitative estimate of drug-likeness (QED) is 0.521. The third-order valence-corrected chi connectivity index (χ3v) is 5.32. The van der Waals surface area contributed by atoms with Crippen molar-refractivity contribution >= 4 is 23.7 Å². The maximum Gasteiger partial charge on any atom is 0.322 e. The molecule has 3 amide bonds. The number of carbonyl (C=O) groups excluding carboxylic acids is 2. The normalized spacial score (nSPS) is 15.3. The third kappa shape index (κ3) is 4.45. The molecule has 3 aromatic rings. The van der Waals surface area contributed by atoms with Crippen molar-refractivity contribution in [3.63, 3.8) is 0 Å². The monoisotopic (exact) mass is 400 g/mol. The number of benzene rings is 1. The summed E-state index contributed by atoms with van der Waals surface area (Å²) in [7, 11) is 0. The Hall–Kier alpha value is -3.63. The Bertz CT molecular complexity index is 1150. The van der Waals surface area contributed by atoms with Crippen molar-refractivity contribution < 1.29 is 9.59 Å². The second-order valence-corrected chi connectivity index (χ2v) is 7.49. The average molecular weight is 400 g/mol. The zero-order valence-corrected chi connectivity index (χ0v) is 16.3. The molecular formula is C22H16N4O2S. The lowest BCUT2D eigenvalue weighted by molar-refractivity contribution is -0.120. The number of nitrogens with one attached hydrogen (secondary N) is 2. The number of hydrogen-bond donors (Lipinski definition) is 2. The lowest BCUT2D eigenvalue weighted by atomic mass is 10.1. The predicted molar refractivity (Wildman–Crippen MR) is 109 cm³/mol. The first-order valence-electron chi connectivity index (χ1n) is 8.86. The molecule has 142 valence electrons. The van der Waals surface area contributed by atoms with Gasteiger partial charge in [0.2, 0.25) is 0 Å². The molecule has 1 aromatic carbocycles. The minimum Gasteiger partial charge on any atom is -0.322 e. The van der Waals surface area contributed by atoms with Gasteiger partial charge in [-0.1, -0.05) is 23.6 Å². The van der Waals surface area contributed by atoms with Crippen molar-refractivity contribution in [2.45, 2.75) is 22.8 Å². The molecule has 1 fully saturated rings. The summed E-state index contributed by atoms with van der Waals surface area (Å²) in [5.74, 6) is 5.91. The fraction of sp³-hybridized carbons (Fsp3) is 0.0909. The van der Waals surface area contributed by atoms with E-state index in [0.29, 0.717) is 5.56 Å². The van der Waals surface area contributed by atoms with E-state index in [4.69, 9.17) is 0 Å². The highest BCUT2D eigenvalue weighted by atomic mass is 32.2. The van der Waals surface area contributed by atoms with E-state index in [1.54, 1.807) is 18.6 Å². The van der Waals surface area contributed by atoms with E-state index >= 15 is 0 Å². The van der Waals surface area contributed by atoms with Crippen LogP contribution in [-0.4, -0.2) is 21.9 Å². The number of carbonyl (C=O) groups is 2. The van der Waals surface area contributed by atoms with Gasteiger partial charge in [-0.25, -0.2) is 4.79 Å². The number of nitrogens with zero attached hydrogens (tertiary/aromatic N) is 2. The molecule has 0 radical (unpaired) electrons. The highest BCUT2D eigenvalue weighted by Crippen LogP contribution is 2.33. The van der Waals surface area contributed by atoms with Crippen LogP contribution in [0.3, 0.4) is 0 Å². The molecule has 1 unspecified atom stereocenters. The van der Waals surface area contributed by atoms with Gasteiger partial charge in [0.25, 0.3) is 5.91 Å². The summed E-state index contributed by atoms with van der Waals surface area (Å²) in [4.78, 5) is 33.5. The number of urea groups is 1. The van der Waals surface area contributed by atoms with Gasteiger partial charge < -0.3 is 5.32 Å². The molecule has 2 aromatic heterocycles. The molecular weight excluding hydrogens is 384 g/mol. The first-order chi connectivity index (χ1) is 14.1. The summed E-state index contributed by atoms with van der Waals surface area (Å²) >= 11 is 1.50. The topological polar surface area (TPSA) is 84.0 Å². The molecule has 1 saturated heterocycles. The summed E-state index contributed by atoms with van der Waals surface area (Å²) in [6, 6.07) is 12.3. The molecule has 4 rings (SSSR count). The van der Waals surface area contributed by atoms with Gasteiger partial charge in [0.05, 0.1) is 0 Å². The minimum atomic E-state index is -0.729. The molecule has 3 heterocycles. The molecule has 0 spiro atoms. The lowest BCUT2D eigenvalue weighted by Crippen LogP contribution is -2.22. The number of amides is 3. The van der Waals surface area contributed by atoms with E-state index in [9.17, 15) is 9.59 Å². The number of aryl methyl sites for hydroxylation is 1. The summed E-state index contributed by atoms with van der Waals surface area (Å²) < 4.78 is 0. The van der Waals surface area contributed by atoms with Gasteiger partial charge in [0.15, 0.2) is 0 Å². The molecule has 1 atom stereocenters. The van der Waals surface area contributed by atoms with Crippen LogP contribution in [0, 0.1) is 18.8 Å². The van der Waals surface area contributed by atoms with Crippen molar-refractivity contribution in [1.82, 2.24) is 20.6 Å². The maximum atomic E-state index is 12.0. The molecule has 2 N–H and O–H groups in total. The molecule has 6 nitrogen and oxygen atoms in total. The summed E-state index contributed by atoms with van der Waals surface area (Å²) in [5, 5.41) is 4.87. The van der Waals surface area contributed by atoms with Gasteiger partial charge in [-0.05, 0) is 49.4 Å². The van der Waals surface area contributed by atoms with Crippen molar-refractivity contribution in [3.8, 4) is 11.8 Å². The zero-order valence-electron chi connectivity index (χ0n) is 15.5.